The van der Waals surface area contributed by atoms with Crippen LogP contribution in [0.2, 0.25) is 0 Å². The van der Waals surface area contributed by atoms with E-state index in [1.54, 1.807) is 24.3 Å². The van der Waals surface area contributed by atoms with E-state index in [0.29, 0.717) is 25.5 Å². The molecule has 1 amide bonds. The number of benzene rings is 2. The summed E-state index contributed by atoms with van der Waals surface area (Å²) in [6, 6.07) is 14.4. The van der Waals surface area contributed by atoms with E-state index < -0.39 is 15.9 Å². The third-order valence-corrected chi connectivity index (χ3v) is 6.97. The molecule has 1 aliphatic rings. The number of sulfonamides is 1. The molecule has 8 heteroatoms. The predicted octanol–water partition coefficient (Wildman–Crippen LogP) is 3.25. The van der Waals surface area contributed by atoms with Gasteiger partial charge in [0.05, 0.1) is 11.4 Å². The van der Waals surface area contributed by atoms with Crippen molar-refractivity contribution < 1.29 is 13.2 Å². The fraction of sp³-hybridized carbons (Fsp3) is 0.300. The molecule has 6 nitrogen and oxygen atoms in total. The number of carbonyl (C=O) groups is 1. The highest BCUT2D eigenvalue weighted by molar-refractivity contribution is 7.89. The van der Waals surface area contributed by atoms with E-state index in [4.69, 9.17) is 11.6 Å². The molecule has 1 heterocycles. The SMILES string of the molecule is CCN(CC)S(=O)(=O)c1ccc(N2Cc3ccccc3C2=NC(=O)CCl)cc1. The van der Waals surface area contributed by atoms with Crippen LogP contribution in [0.5, 0.6) is 0 Å². The number of anilines is 1. The number of rotatable bonds is 6. The van der Waals surface area contributed by atoms with Crippen molar-refractivity contribution in [2.24, 2.45) is 4.99 Å². The van der Waals surface area contributed by atoms with Crippen molar-refractivity contribution in [3.8, 4) is 0 Å². The van der Waals surface area contributed by atoms with Gasteiger partial charge >= 0.3 is 0 Å². The van der Waals surface area contributed by atoms with Gasteiger partial charge in [0.1, 0.15) is 11.7 Å². The van der Waals surface area contributed by atoms with Crippen LogP contribution in [0.25, 0.3) is 0 Å². The monoisotopic (exact) mass is 419 g/mol. The first-order valence-electron chi connectivity index (χ1n) is 9.05. The Balaban J connectivity index is 1.97. The maximum Gasteiger partial charge on any atom is 0.262 e. The van der Waals surface area contributed by atoms with Crippen molar-refractivity contribution in [1.29, 1.82) is 0 Å². The summed E-state index contributed by atoms with van der Waals surface area (Å²) in [5.74, 6) is -0.0831. The normalized spacial score (nSPS) is 15.3. The number of fused-ring (bicyclic) bond motifs is 1. The van der Waals surface area contributed by atoms with Gasteiger partial charge in [-0.15, -0.1) is 11.6 Å². The van der Waals surface area contributed by atoms with E-state index >= 15 is 0 Å². The van der Waals surface area contributed by atoms with Crippen LogP contribution in [0.15, 0.2) is 58.4 Å². The minimum absolute atomic E-state index is 0.194. The number of amides is 1. The van der Waals surface area contributed by atoms with Crippen LogP contribution in [0.3, 0.4) is 0 Å². The molecule has 0 aromatic heterocycles. The van der Waals surface area contributed by atoms with E-state index in [1.807, 2.05) is 43.0 Å². The van der Waals surface area contributed by atoms with Gasteiger partial charge in [-0.25, -0.2) is 8.42 Å². The molecule has 28 heavy (non-hydrogen) atoms. The van der Waals surface area contributed by atoms with Gasteiger partial charge in [0, 0.05) is 24.3 Å². The van der Waals surface area contributed by atoms with Crippen molar-refractivity contribution in [3.63, 3.8) is 0 Å². The third kappa shape index (κ3) is 3.83. The van der Waals surface area contributed by atoms with Crippen LogP contribution in [-0.4, -0.2) is 43.4 Å². The largest absolute Gasteiger partial charge is 0.321 e. The first kappa shape index (κ1) is 20.5. The minimum Gasteiger partial charge on any atom is -0.321 e. The van der Waals surface area contributed by atoms with Gasteiger partial charge in [-0.1, -0.05) is 38.1 Å². The van der Waals surface area contributed by atoms with Gasteiger partial charge in [0.25, 0.3) is 5.91 Å². The molecule has 0 saturated carbocycles. The van der Waals surface area contributed by atoms with E-state index in [9.17, 15) is 13.2 Å². The topological polar surface area (TPSA) is 70.1 Å². The van der Waals surface area contributed by atoms with Gasteiger partial charge in [-0.2, -0.15) is 9.30 Å². The number of alkyl halides is 1. The molecule has 0 radical (unpaired) electrons. The summed E-state index contributed by atoms with van der Waals surface area (Å²) >= 11 is 5.63. The summed E-state index contributed by atoms with van der Waals surface area (Å²) < 4.78 is 26.8. The minimum atomic E-state index is -3.52. The summed E-state index contributed by atoms with van der Waals surface area (Å²) in [6.07, 6.45) is 0. The summed E-state index contributed by atoms with van der Waals surface area (Å²) in [7, 11) is -3.52. The molecular formula is C20H22ClN3O3S. The first-order valence-corrected chi connectivity index (χ1v) is 11.0. The molecule has 2 aromatic carbocycles. The molecule has 1 aliphatic heterocycles. The maximum atomic E-state index is 12.7. The number of halogens is 1. The highest BCUT2D eigenvalue weighted by Crippen LogP contribution is 2.30. The molecule has 0 fully saturated rings. The van der Waals surface area contributed by atoms with Crippen LogP contribution in [0.4, 0.5) is 5.69 Å². The first-order chi connectivity index (χ1) is 13.4. The van der Waals surface area contributed by atoms with Crippen molar-refractivity contribution in [3.05, 3.63) is 59.7 Å². The fourth-order valence-corrected chi connectivity index (χ4v) is 4.78. The second-order valence-corrected chi connectivity index (χ2v) is 8.49. The van der Waals surface area contributed by atoms with Crippen molar-refractivity contribution in [2.45, 2.75) is 25.3 Å². The molecule has 0 atom stereocenters. The molecule has 0 aliphatic carbocycles. The Kier molecular flexibility index (Phi) is 6.17. The molecule has 0 bridgehead atoms. The molecule has 0 N–H and O–H groups in total. The Morgan fingerprint density at radius 1 is 1.11 bits per heavy atom. The molecule has 0 unspecified atom stereocenters. The van der Waals surface area contributed by atoms with Crippen molar-refractivity contribution in [2.75, 3.05) is 23.9 Å². The Bertz CT molecular complexity index is 1000. The average Bonchev–Trinajstić information content (AvgIpc) is 3.07. The predicted molar refractivity (Wildman–Crippen MR) is 111 cm³/mol. The molecule has 2 aromatic rings. The molecule has 3 rings (SSSR count). The van der Waals surface area contributed by atoms with Crippen molar-refractivity contribution in [1.82, 2.24) is 4.31 Å². The van der Waals surface area contributed by atoms with Crippen LogP contribution in [0.1, 0.15) is 25.0 Å². The van der Waals surface area contributed by atoms with Crippen LogP contribution in [-0.2, 0) is 21.4 Å². The maximum absolute atomic E-state index is 12.7. The number of hydrogen-bond acceptors (Lipinski definition) is 3. The Hall–Kier alpha value is -2.22. The number of nitrogens with zero attached hydrogens (tertiary/aromatic N) is 3. The number of carbonyl (C=O) groups excluding carboxylic acids is 1. The Morgan fingerprint density at radius 2 is 1.75 bits per heavy atom. The van der Waals surface area contributed by atoms with Gasteiger partial charge < -0.3 is 4.90 Å². The zero-order valence-electron chi connectivity index (χ0n) is 15.8. The third-order valence-electron chi connectivity index (χ3n) is 4.68. The Labute approximate surface area is 170 Å². The van der Waals surface area contributed by atoms with Crippen LogP contribution >= 0.6 is 11.6 Å². The van der Waals surface area contributed by atoms with Crippen molar-refractivity contribution >= 4 is 39.1 Å². The van der Waals surface area contributed by atoms with E-state index in [-0.39, 0.29) is 10.8 Å². The van der Waals surface area contributed by atoms with Gasteiger partial charge in [0.15, 0.2) is 0 Å². The zero-order chi connectivity index (χ0) is 20.3. The van der Waals surface area contributed by atoms with Gasteiger partial charge in [-0.3, -0.25) is 4.79 Å². The second kappa shape index (κ2) is 8.43. The van der Waals surface area contributed by atoms with Crippen LogP contribution < -0.4 is 4.90 Å². The molecule has 148 valence electrons. The lowest BCUT2D eigenvalue weighted by atomic mass is 10.1. The smallest absolute Gasteiger partial charge is 0.262 e. The van der Waals surface area contributed by atoms with Gasteiger partial charge in [0.2, 0.25) is 10.0 Å². The standard InChI is InChI=1S/C20H22ClN3O3S/c1-3-23(4-2)28(26,27)17-11-9-16(10-12-17)24-14-15-7-5-6-8-18(15)20(24)22-19(25)13-21/h5-12H,3-4,13-14H2,1-2H3. The highest BCUT2D eigenvalue weighted by Gasteiger charge is 2.28. The molecular weight excluding hydrogens is 398 g/mol. The number of hydrogen-bond donors (Lipinski definition) is 0. The average molecular weight is 420 g/mol. The molecule has 0 saturated heterocycles. The lowest BCUT2D eigenvalue weighted by Crippen LogP contribution is -2.30. The lowest BCUT2D eigenvalue weighted by molar-refractivity contribution is -0.115. The molecule has 0 spiro atoms. The summed E-state index contributed by atoms with van der Waals surface area (Å²) in [4.78, 5) is 18.1. The van der Waals surface area contributed by atoms with Crippen LogP contribution in [0, 0.1) is 0 Å². The second-order valence-electron chi connectivity index (χ2n) is 6.29. The number of amidine groups is 1. The number of aliphatic imine (C=N–C) groups is 1. The Morgan fingerprint density at radius 3 is 2.36 bits per heavy atom. The van der Waals surface area contributed by atoms with E-state index in [1.165, 1.54) is 4.31 Å². The summed E-state index contributed by atoms with van der Waals surface area (Å²) in [5.41, 5.74) is 2.68. The quantitative estimate of drug-likeness (QED) is 0.674. The lowest BCUT2D eigenvalue weighted by Gasteiger charge is -2.21. The zero-order valence-corrected chi connectivity index (χ0v) is 17.4. The summed E-state index contributed by atoms with van der Waals surface area (Å²) in [6.45, 7) is 5.01. The van der Waals surface area contributed by atoms with Gasteiger partial charge in [-0.05, 0) is 29.8 Å². The van der Waals surface area contributed by atoms with E-state index in [2.05, 4.69) is 4.99 Å². The summed E-state index contributed by atoms with van der Waals surface area (Å²) in [5, 5.41) is 0. The highest BCUT2D eigenvalue weighted by atomic mass is 35.5. The van der Waals surface area contributed by atoms with E-state index in [0.717, 1.165) is 16.8 Å². The fourth-order valence-electron chi connectivity index (χ4n) is 3.26.